The molecule has 2 rings (SSSR count). The Morgan fingerprint density at radius 2 is 2.21 bits per heavy atom. The third-order valence-corrected chi connectivity index (χ3v) is 1.84. The lowest BCUT2D eigenvalue weighted by molar-refractivity contribution is 0.196. The molecular formula is C8H5FN2O3. The van der Waals surface area contributed by atoms with Crippen molar-refractivity contribution >= 4 is 17.1 Å². The minimum absolute atomic E-state index is 0.143. The number of aromatic amines is 1. The van der Waals surface area contributed by atoms with E-state index in [-0.39, 0.29) is 11.0 Å². The third-order valence-electron chi connectivity index (χ3n) is 1.84. The molecule has 0 amide bonds. The van der Waals surface area contributed by atoms with Crippen LogP contribution in [0.2, 0.25) is 0 Å². The molecule has 0 unspecified atom stereocenters. The van der Waals surface area contributed by atoms with Gasteiger partial charge in [-0.25, -0.2) is 14.0 Å². The fraction of sp³-hybridized carbons (Fsp3) is 0. The quantitative estimate of drug-likeness (QED) is 0.659. The number of imidazole rings is 1. The number of halogens is 1. The second kappa shape index (κ2) is 2.69. The predicted octanol–water partition coefficient (Wildman–Crippen LogP) is 0.995. The fourth-order valence-electron chi connectivity index (χ4n) is 1.27. The molecule has 0 aliphatic carbocycles. The topological polar surface area (TPSA) is 75.1 Å². The SMILES string of the molecule is O=C(O)n1c(=O)[nH]c2cc(F)ccc21. The molecule has 0 radical (unpaired) electrons. The van der Waals surface area contributed by atoms with Crippen molar-refractivity contribution in [1.29, 1.82) is 0 Å². The molecule has 5 nitrogen and oxygen atoms in total. The summed E-state index contributed by atoms with van der Waals surface area (Å²) >= 11 is 0. The lowest BCUT2D eigenvalue weighted by Gasteiger charge is -1.93. The van der Waals surface area contributed by atoms with Crippen LogP contribution in [0.3, 0.4) is 0 Å². The predicted molar refractivity (Wildman–Crippen MR) is 45.9 cm³/mol. The zero-order valence-electron chi connectivity index (χ0n) is 6.82. The molecule has 0 saturated heterocycles. The van der Waals surface area contributed by atoms with E-state index in [4.69, 9.17) is 5.11 Å². The molecule has 0 atom stereocenters. The third kappa shape index (κ3) is 1.08. The van der Waals surface area contributed by atoms with E-state index in [9.17, 15) is 14.0 Å². The first-order valence-electron chi connectivity index (χ1n) is 3.73. The van der Waals surface area contributed by atoms with Crippen molar-refractivity contribution in [3.8, 4) is 0 Å². The number of H-pyrrole nitrogens is 1. The van der Waals surface area contributed by atoms with Gasteiger partial charge in [0.1, 0.15) is 5.82 Å². The fourth-order valence-corrected chi connectivity index (χ4v) is 1.27. The van der Waals surface area contributed by atoms with Crippen LogP contribution in [0.15, 0.2) is 23.0 Å². The van der Waals surface area contributed by atoms with Crippen LogP contribution in [0, 0.1) is 5.82 Å². The van der Waals surface area contributed by atoms with Crippen molar-refractivity contribution in [3.63, 3.8) is 0 Å². The van der Waals surface area contributed by atoms with Gasteiger partial charge in [0.15, 0.2) is 0 Å². The van der Waals surface area contributed by atoms with Gasteiger partial charge in [-0.05, 0) is 18.2 Å². The van der Waals surface area contributed by atoms with Crippen LogP contribution in [0.5, 0.6) is 0 Å². The lowest BCUT2D eigenvalue weighted by atomic mass is 10.3. The zero-order chi connectivity index (χ0) is 10.3. The summed E-state index contributed by atoms with van der Waals surface area (Å²) in [6.45, 7) is 0. The Bertz CT molecular complexity index is 569. The summed E-state index contributed by atoms with van der Waals surface area (Å²) in [5, 5.41) is 8.67. The molecule has 2 aromatic rings. The molecule has 0 saturated carbocycles. The van der Waals surface area contributed by atoms with Crippen LogP contribution in [0.25, 0.3) is 11.0 Å². The molecule has 72 valence electrons. The minimum Gasteiger partial charge on any atom is -0.464 e. The first-order valence-corrected chi connectivity index (χ1v) is 3.73. The summed E-state index contributed by atoms with van der Waals surface area (Å²) in [4.78, 5) is 24.0. The van der Waals surface area contributed by atoms with Gasteiger partial charge in [-0.2, -0.15) is 4.57 Å². The highest BCUT2D eigenvalue weighted by Crippen LogP contribution is 2.11. The summed E-state index contributed by atoms with van der Waals surface area (Å²) in [6, 6.07) is 3.39. The maximum atomic E-state index is 12.7. The van der Waals surface area contributed by atoms with Crippen LogP contribution in [0.4, 0.5) is 9.18 Å². The highest BCUT2D eigenvalue weighted by molar-refractivity contribution is 5.85. The molecular weight excluding hydrogens is 191 g/mol. The molecule has 0 aliphatic rings. The van der Waals surface area contributed by atoms with Crippen LogP contribution in [-0.4, -0.2) is 20.8 Å². The standard InChI is InChI=1S/C8H5FN2O3/c9-4-1-2-6-5(3-4)10-7(12)11(6)8(13)14/h1-3H,(H,10,12)(H,13,14). The highest BCUT2D eigenvalue weighted by Gasteiger charge is 2.12. The Labute approximate surface area is 76.4 Å². The molecule has 1 aromatic carbocycles. The van der Waals surface area contributed by atoms with Crippen LogP contribution < -0.4 is 5.69 Å². The summed E-state index contributed by atoms with van der Waals surface area (Å²) < 4.78 is 13.2. The van der Waals surface area contributed by atoms with E-state index in [1.165, 1.54) is 6.07 Å². The molecule has 2 N–H and O–H groups in total. The molecule has 0 spiro atoms. The summed E-state index contributed by atoms with van der Waals surface area (Å²) in [5.74, 6) is -0.531. The van der Waals surface area contributed by atoms with Gasteiger partial charge in [-0.3, -0.25) is 0 Å². The first-order chi connectivity index (χ1) is 6.59. The van der Waals surface area contributed by atoms with Gasteiger partial charge in [-0.1, -0.05) is 0 Å². The van der Waals surface area contributed by atoms with Crippen molar-refractivity contribution in [2.75, 3.05) is 0 Å². The van der Waals surface area contributed by atoms with Gasteiger partial charge in [-0.15, -0.1) is 0 Å². The van der Waals surface area contributed by atoms with Gasteiger partial charge in [0.25, 0.3) is 0 Å². The van der Waals surface area contributed by atoms with Crippen molar-refractivity contribution in [2.45, 2.75) is 0 Å². The van der Waals surface area contributed by atoms with Gasteiger partial charge in [0, 0.05) is 0 Å². The molecule has 1 heterocycles. The van der Waals surface area contributed by atoms with Crippen molar-refractivity contribution in [2.24, 2.45) is 0 Å². The number of aromatic nitrogens is 2. The average Bonchev–Trinajstić information content (AvgIpc) is 2.39. The number of benzene rings is 1. The number of nitrogens with one attached hydrogen (secondary N) is 1. The average molecular weight is 196 g/mol. The van der Waals surface area contributed by atoms with Crippen molar-refractivity contribution < 1.29 is 14.3 Å². The number of hydrogen-bond acceptors (Lipinski definition) is 2. The summed E-state index contributed by atoms with van der Waals surface area (Å²) in [7, 11) is 0. The van der Waals surface area contributed by atoms with E-state index in [2.05, 4.69) is 4.98 Å². The maximum absolute atomic E-state index is 12.7. The van der Waals surface area contributed by atoms with Crippen LogP contribution in [-0.2, 0) is 0 Å². The minimum atomic E-state index is -1.40. The summed E-state index contributed by atoms with van der Waals surface area (Å²) in [5.41, 5.74) is -0.487. The second-order valence-corrected chi connectivity index (χ2v) is 2.71. The number of carbonyl (C=O) groups is 1. The van der Waals surface area contributed by atoms with Crippen molar-refractivity contribution in [1.82, 2.24) is 9.55 Å². The number of fused-ring (bicyclic) bond motifs is 1. The van der Waals surface area contributed by atoms with E-state index in [0.717, 1.165) is 12.1 Å². The maximum Gasteiger partial charge on any atom is 0.420 e. The molecule has 1 aromatic heterocycles. The molecule has 14 heavy (non-hydrogen) atoms. The second-order valence-electron chi connectivity index (χ2n) is 2.71. The summed E-state index contributed by atoms with van der Waals surface area (Å²) in [6.07, 6.45) is -1.40. The molecule has 6 heteroatoms. The monoisotopic (exact) mass is 196 g/mol. The van der Waals surface area contributed by atoms with E-state index in [1.807, 2.05) is 0 Å². The Morgan fingerprint density at radius 3 is 2.86 bits per heavy atom. The van der Waals surface area contributed by atoms with Gasteiger partial charge in [0.2, 0.25) is 0 Å². The van der Waals surface area contributed by atoms with E-state index >= 15 is 0 Å². The van der Waals surface area contributed by atoms with Crippen LogP contribution >= 0.6 is 0 Å². The Kier molecular flexibility index (Phi) is 1.63. The Morgan fingerprint density at radius 1 is 1.50 bits per heavy atom. The molecule has 0 bridgehead atoms. The largest absolute Gasteiger partial charge is 0.464 e. The van der Waals surface area contributed by atoms with E-state index < -0.39 is 17.6 Å². The zero-order valence-corrected chi connectivity index (χ0v) is 6.82. The van der Waals surface area contributed by atoms with Gasteiger partial charge < -0.3 is 10.1 Å². The number of carboxylic acid groups (broad SMARTS) is 1. The Balaban J connectivity index is 2.91. The van der Waals surface area contributed by atoms with E-state index in [1.54, 1.807) is 0 Å². The van der Waals surface area contributed by atoms with Crippen LogP contribution in [0.1, 0.15) is 0 Å². The number of hydrogen-bond donors (Lipinski definition) is 2. The number of rotatable bonds is 0. The number of nitrogens with zero attached hydrogens (tertiary/aromatic N) is 1. The normalized spacial score (nSPS) is 10.6. The van der Waals surface area contributed by atoms with Gasteiger partial charge in [0.05, 0.1) is 11.0 Å². The Hall–Kier alpha value is -2.11. The highest BCUT2D eigenvalue weighted by atomic mass is 19.1. The smallest absolute Gasteiger partial charge is 0.420 e. The van der Waals surface area contributed by atoms with Gasteiger partial charge >= 0.3 is 11.8 Å². The lowest BCUT2D eigenvalue weighted by Crippen LogP contribution is -2.22. The molecule has 0 fully saturated rings. The van der Waals surface area contributed by atoms with Crippen molar-refractivity contribution in [3.05, 3.63) is 34.5 Å². The first kappa shape index (κ1) is 8.49. The molecule has 0 aliphatic heterocycles. The van der Waals surface area contributed by atoms with E-state index in [0.29, 0.717) is 4.57 Å².